The average Bonchev–Trinajstić information content (AvgIpc) is 3.31. The molecule has 0 aromatic carbocycles. The van der Waals surface area contributed by atoms with Crippen LogP contribution in [0.3, 0.4) is 0 Å². The Balaban J connectivity index is 1.43. The lowest BCUT2D eigenvalue weighted by Gasteiger charge is -2.24. The van der Waals surface area contributed by atoms with E-state index in [1.54, 1.807) is 11.1 Å². The molecule has 0 amide bonds. The van der Waals surface area contributed by atoms with Crippen molar-refractivity contribution in [2.75, 3.05) is 23.3 Å². The van der Waals surface area contributed by atoms with E-state index in [1.165, 1.54) is 18.7 Å². The molecule has 0 radical (unpaired) electrons. The normalized spacial score (nSPS) is 16.3. The van der Waals surface area contributed by atoms with Crippen LogP contribution in [0.25, 0.3) is 5.57 Å². The van der Waals surface area contributed by atoms with Gasteiger partial charge in [0.25, 0.3) is 0 Å². The van der Waals surface area contributed by atoms with Crippen LogP contribution in [-0.4, -0.2) is 33.0 Å². The molecule has 7 nitrogen and oxygen atoms in total. The van der Waals surface area contributed by atoms with Crippen molar-refractivity contribution in [2.45, 2.75) is 51.6 Å². The van der Waals surface area contributed by atoms with Gasteiger partial charge in [-0.3, -0.25) is 0 Å². The summed E-state index contributed by atoms with van der Waals surface area (Å²) in [6.45, 7) is 4.85. The summed E-state index contributed by atoms with van der Waals surface area (Å²) in [6, 6.07) is 2.40. The maximum atomic E-state index is 13.6. The van der Waals surface area contributed by atoms with Crippen molar-refractivity contribution in [3.05, 3.63) is 77.2 Å². The van der Waals surface area contributed by atoms with Gasteiger partial charge in [-0.15, -0.1) is 0 Å². The van der Waals surface area contributed by atoms with Crippen molar-refractivity contribution in [1.29, 1.82) is 0 Å². The van der Waals surface area contributed by atoms with Gasteiger partial charge in [0.15, 0.2) is 6.39 Å². The SMILES string of the molecule is CC(C)c1nc2c(c(NC3=CC=C(c4cnco4)CC3)n1)CCN(c1ncccc1C(F)(F)F)CC2. The Bertz CT molecular complexity index is 1300. The summed E-state index contributed by atoms with van der Waals surface area (Å²) in [5.74, 6) is 2.28. The molecule has 3 aromatic rings. The van der Waals surface area contributed by atoms with Gasteiger partial charge in [-0.25, -0.2) is 19.9 Å². The molecule has 0 atom stereocenters. The first kappa shape index (κ1) is 24.0. The highest BCUT2D eigenvalue weighted by molar-refractivity contribution is 5.66. The van der Waals surface area contributed by atoms with E-state index >= 15 is 0 Å². The standard InChI is InChI=1S/C26H27F3N6O/c1-16(2)23-33-21-10-13-35(25-20(26(27,28)29)4-3-11-31-25)12-9-19(21)24(34-23)32-18-7-5-17(6-8-18)22-14-30-15-36-22/h3-5,7,11,14-16H,6,8-10,12-13H2,1-2H3,(H,32,33,34). The van der Waals surface area contributed by atoms with Crippen LogP contribution in [0.5, 0.6) is 0 Å². The number of pyridine rings is 1. The monoisotopic (exact) mass is 496 g/mol. The average molecular weight is 497 g/mol. The van der Waals surface area contributed by atoms with E-state index in [0.29, 0.717) is 31.8 Å². The van der Waals surface area contributed by atoms with Crippen LogP contribution in [-0.2, 0) is 19.0 Å². The van der Waals surface area contributed by atoms with Crippen molar-refractivity contribution >= 4 is 17.2 Å². The predicted octanol–water partition coefficient (Wildman–Crippen LogP) is 5.78. The van der Waals surface area contributed by atoms with Gasteiger partial charge in [-0.05, 0) is 43.0 Å². The second kappa shape index (κ2) is 9.75. The van der Waals surface area contributed by atoms with Crippen LogP contribution in [0.4, 0.5) is 24.8 Å². The molecule has 5 rings (SSSR count). The third kappa shape index (κ3) is 4.98. The number of fused-ring (bicyclic) bond motifs is 1. The molecule has 4 heterocycles. The Morgan fingerprint density at radius 2 is 1.89 bits per heavy atom. The fourth-order valence-corrected chi connectivity index (χ4v) is 4.54. The lowest BCUT2D eigenvalue weighted by Crippen LogP contribution is -2.29. The molecule has 36 heavy (non-hydrogen) atoms. The van der Waals surface area contributed by atoms with Crippen molar-refractivity contribution < 1.29 is 17.6 Å². The van der Waals surface area contributed by atoms with E-state index < -0.39 is 11.7 Å². The summed E-state index contributed by atoms with van der Waals surface area (Å²) in [5.41, 5.74) is 3.19. The Morgan fingerprint density at radius 1 is 1.06 bits per heavy atom. The van der Waals surface area contributed by atoms with Gasteiger partial charge in [-0.1, -0.05) is 19.9 Å². The van der Waals surface area contributed by atoms with Crippen LogP contribution >= 0.6 is 0 Å². The lowest BCUT2D eigenvalue weighted by molar-refractivity contribution is -0.137. The number of hydrogen-bond acceptors (Lipinski definition) is 7. The fourth-order valence-electron chi connectivity index (χ4n) is 4.54. The molecule has 0 spiro atoms. The van der Waals surface area contributed by atoms with Crippen LogP contribution in [0.2, 0.25) is 0 Å². The number of oxazole rings is 1. The highest BCUT2D eigenvalue weighted by Crippen LogP contribution is 2.36. The predicted molar refractivity (Wildman–Crippen MR) is 130 cm³/mol. The molecular weight excluding hydrogens is 469 g/mol. The maximum absolute atomic E-state index is 13.6. The zero-order valence-electron chi connectivity index (χ0n) is 20.1. The van der Waals surface area contributed by atoms with Gasteiger partial charge >= 0.3 is 6.18 Å². The molecule has 0 saturated heterocycles. The number of nitrogens with zero attached hydrogens (tertiary/aromatic N) is 5. The van der Waals surface area contributed by atoms with Crippen LogP contribution in [0, 0.1) is 0 Å². The number of allylic oxidation sites excluding steroid dienone is 4. The molecular formula is C26H27F3N6O. The summed E-state index contributed by atoms with van der Waals surface area (Å²) < 4.78 is 46.3. The Morgan fingerprint density at radius 3 is 2.58 bits per heavy atom. The number of aromatic nitrogens is 4. The minimum absolute atomic E-state index is 0.0376. The van der Waals surface area contributed by atoms with Gasteiger partial charge < -0.3 is 14.6 Å². The van der Waals surface area contributed by atoms with Crippen molar-refractivity contribution in [3.63, 3.8) is 0 Å². The number of anilines is 2. The molecule has 0 fully saturated rings. The second-order valence-corrected chi connectivity index (χ2v) is 9.24. The summed E-state index contributed by atoms with van der Waals surface area (Å²) in [7, 11) is 0. The van der Waals surface area contributed by atoms with E-state index in [0.717, 1.165) is 53.0 Å². The van der Waals surface area contributed by atoms with Gasteiger partial charge in [-0.2, -0.15) is 13.2 Å². The van der Waals surface area contributed by atoms with E-state index in [2.05, 4.69) is 15.3 Å². The Hall–Kier alpha value is -3.69. The molecule has 10 heteroatoms. The summed E-state index contributed by atoms with van der Waals surface area (Å²) >= 11 is 0. The first-order chi connectivity index (χ1) is 17.3. The third-order valence-electron chi connectivity index (χ3n) is 6.45. The van der Waals surface area contributed by atoms with Crippen LogP contribution < -0.4 is 10.2 Å². The molecule has 0 bridgehead atoms. The van der Waals surface area contributed by atoms with Crippen molar-refractivity contribution in [2.24, 2.45) is 0 Å². The molecule has 3 aromatic heterocycles. The largest absolute Gasteiger partial charge is 0.444 e. The van der Waals surface area contributed by atoms with Crippen LogP contribution in [0.1, 0.15) is 61.0 Å². The highest BCUT2D eigenvalue weighted by atomic mass is 19.4. The summed E-state index contributed by atoms with van der Waals surface area (Å²) in [6.07, 6.45) is 6.68. The quantitative estimate of drug-likeness (QED) is 0.480. The van der Waals surface area contributed by atoms with Gasteiger partial charge in [0.05, 0.1) is 17.5 Å². The topological polar surface area (TPSA) is 80.0 Å². The molecule has 188 valence electrons. The third-order valence-corrected chi connectivity index (χ3v) is 6.45. The zero-order chi connectivity index (χ0) is 25.3. The molecule has 0 saturated carbocycles. The first-order valence-corrected chi connectivity index (χ1v) is 12.0. The lowest BCUT2D eigenvalue weighted by atomic mass is 10.0. The number of halogens is 3. The highest BCUT2D eigenvalue weighted by Gasteiger charge is 2.36. The molecule has 1 N–H and O–H groups in total. The van der Waals surface area contributed by atoms with Crippen LogP contribution in [0.15, 0.2) is 53.2 Å². The number of rotatable bonds is 5. The zero-order valence-corrected chi connectivity index (χ0v) is 20.1. The second-order valence-electron chi connectivity index (χ2n) is 9.24. The van der Waals surface area contributed by atoms with E-state index in [-0.39, 0.29) is 11.7 Å². The smallest absolute Gasteiger partial charge is 0.419 e. The van der Waals surface area contributed by atoms with Crippen molar-refractivity contribution in [1.82, 2.24) is 19.9 Å². The summed E-state index contributed by atoms with van der Waals surface area (Å²) in [5, 5.41) is 3.49. The summed E-state index contributed by atoms with van der Waals surface area (Å²) in [4.78, 5) is 19.4. The Kier molecular flexibility index (Phi) is 6.51. The molecule has 1 aliphatic heterocycles. The van der Waals surface area contributed by atoms with E-state index in [9.17, 15) is 13.2 Å². The minimum atomic E-state index is -4.47. The minimum Gasteiger partial charge on any atom is -0.444 e. The number of hydrogen-bond donors (Lipinski definition) is 1. The Labute approximate surface area is 207 Å². The number of nitrogens with one attached hydrogen (secondary N) is 1. The molecule has 2 aliphatic rings. The molecule has 0 unspecified atom stereocenters. The van der Waals surface area contributed by atoms with Crippen molar-refractivity contribution in [3.8, 4) is 0 Å². The van der Waals surface area contributed by atoms with E-state index in [1.807, 2.05) is 26.0 Å². The fraction of sp³-hybridized carbons (Fsp3) is 0.385. The maximum Gasteiger partial charge on any atom is 0.419 e. The van der Waals surface area contributed by atoms with Gasteiger partial charge in [0.1, 0.15) is 23.2 Å². The number of alkyl halides is 3. The van der Waals surface area contributed by atoms with E-state index in [4.69, 9.17) is 14.4 Å². The first-order valence-electron chi connectivity index (χ1n) is 12.0. The van der Waals surface area contributed by atoms with Gasteiger partial charge in [0.2, 0.25) is 0 Å². The van der Waals surface area contributed by atoms with Gasteiger partial charge in [0, 0.05) is 42.9 Å². The molecule has 1 aliphatic carbocycles.